The van der Waals surface area contributed by atoms with Crippen LogP contribution in [0.5, 0.6) is 11.5 Å². The lowest BCUT2D eigenvalue weighted by molar-refractivity contribution is -0.123. The third-order valence-electron chi connectivity index (χ3n) is 4.58. The second-order valence-corrected chi connectivity index (χ2v) is 7.34. The number of anilines is 2. The molecule has 0 bridgehead atoms. The molecule has 0 radical (unpaired) electrons. The van der Waals surface area contributed by atoms with Crippen LogP contribution < -0.4 is 25.0 Å². The molecule has 3 rings (SSSR count). The molecule has 0 aliphatic carbocycles. The van der Waals surface area contributed by atoms with Crippen molar-refractivity contribution in [3.05, 3.63) is 42.1 Å². The SMILES string of the molecule is COc1cc(C(=O)Nc2ccc(N3CCOCC3)nc2)ccc1OCC(=O)NC(C)C. The Morgan fingerprint density at radius 3 is 2.58 bits per heavy atom. The molecule has 1 saturated heterocycles. The number of carbonyl (C=O) groups is 2. The second kappa shape index (κ2) is 10.6. The van der Waals surface area contributed by atoms with Gasteiger partial charge in [-0.3, -0.25) is 9.59 Å². The highest BCUT2D eigenvalue weighted by Crippen LogP contribution is 2.28. The number of benzene rings is 1. The topological polar surface area (TPSA) is 102 Å². The van der Waals surface area contributed by atoms with Gasteiger partial charge in [-0.25, -0.2) is 4.98 Å². The number of morpholine rings is 1. The molecule has 0 atom stereocenters. The zero-order valence-corrected chi connectivity index (χ0v) is 18.0. The Morgan fingerprint density at radius 2 is 1.94 bits per heavy atom. The molecule has 1 fully saturated rings. The van der Waals surface area contributed by atoms with Gasteiger partial charge in [0, 0.05) is 24.7 Å². The van der Waals surface area contributed by atoms with E-state index in [1.807, 2.05) is 26.0 Å². The Balaban J connectivity index is 1.61. The molecule has 0 saturated carbocycles. The molecule has 9 nitrogen and oxygen atoms in total. The summed E-state index contributed by atoms with van der Waals surface area (Å²) in [6, 6.07) is 8.51. The van der Waals surface area contributed by atoms with Gasteiger partial charge in [-0.1, -0.05) is 0 Å². The van der Waals surface area contributed by atoms with Crippen molar-refractivity contribution in [2.24, 2.45) is 0 Å². The summed E-state index contributed by atoms with van der Waals surface area (Å²) in [6.07, 6.45) is 1.63. The summed E-state index contributed by atoms with van der Waals surface area (Å²) in [5.41, 5.74) is 0.986. The number of hydrogen-bond donors (Lipinski definition) is 2. The summed E-state index contributed by atoms with van der Waals surface area (Å²) in [6.45, 7) is 6.57. The van der Waals surface area contributed by atoms with Crippen molar-refractivity contribution >= 4 is 23.3 Å². The fraction of sp³-hybridized carbons (Fsp3) is 0.409. The minimum atomic E-state index is -0.302. The van der Waals surface area contributed by atoms with E-state index in [1.54, 1.807) is 24.4 Å². The molecule has 1 aliphatic rings. The largest absolute Gasteiger partial charge is 0.493 e. The summed E-state index contributed by atoms with van der Waals surface area (Å²) in [7, 11) is 1.48. The molecule has 2 amide bonds. The number of amides is 2. The molecule has 0 unspecified atom stereocenters. The highest BCUT2D eigenvalue weighted by Gasteiger charge is 2.15. The zero-order valence-electron chi connectivity index (χ0n) is 18.0. The van der Waals surface area contributed by atoms with Crippen molar-refractivity contribution in [1.82, 2.24) is 10.3 Å². The Morgan fingerprint density at radius 1 is 1.16 bits per heavy atom. The van der Waals surface area contributed by atoms with Crippen LogP contribution in [-0.4, -0.2) is 62.9 Å². The van der Waals surface area contributed by atoms with Gasteiger partial charge >= 0.3 is 0 Å². The van der Waals surface area contributed by atoms with Gasteiger partial charge in [0.15, 0.2) is 18.1 Å². The minimum Gasteiger partial charge on any atom is -0.493 e. The standard InChI is InChI=1S/C22H28N4O5/c1-15(2)24-21(27)14-31-18-6-4-16(12-19(18)29-3)22(28)25-17-5-7-20(23-13-17)26-8-10-30-11-9-26/h4-7,12-13,15H,8-11,14H2,1-3H3,(H,24,27)(H,25,28). The molecule has 2 N–H and O–H groups in total. The average Bonchev–Trinajstić information content (AvgIpc) is 2.78. The van der Waals surface area contributed by atoms with Crippen LogP contribution >= 0.6 is 0 Å². The Kier molecular flexibility index (Phi) is 7.66. The van der Waals surface area contributed by atoms with Gasteiger partial charge in [-0.05, 0) is 44.2 Å². The first-order valence-electron chi connectivity index (χ1n) is 10.2. The van der Waals surface area contributed by atoms with E-state index in [1.165, 1.54) is 7.11 Å². The number of ether oxygens (including phenoxy) is 3. The lowest BCUT2D eigenvalue weighted by Gasteiger charge is -2.27. The number of rotatable bonds is 8. The van der Waals surface area contributed by atoms with Crippen LogP contribution in [0.1, 0.15) is 24.2 Å². The van der Waals surface area contributed by atoms with Gasteiger partial charge in [0.05, 0.1) is 32.2 Å². The lowest BCUT2D eigenvalue weighted by atomic mass is 10.2. The molecule has 1 aromatic carbocycles. The van der Waals surface area contributed by atoms with Crippen LogP contribution in [0, 0.1) is 0 Å². The first kappa shape index (κ1) is 22.4. The van der Waals surface area contributed by atoms with E-state index < -0.39 is 0 Å². The number of nitrogens with one attached hydrogen (secondary N) is 2. The number of aromatic nitrogens is 1. The van der Waals surface area contributed by atoms with Gasteiger partial charge < -0.3 is 29.7 Å². The normalized spacial score (nSPS) is 13.6. The van der Waals surface area contributed by atoms with Crippen molar-refractivity contribution in [2.45, 2.75) is 19.9 Å². The quantitative estimate of drug-likeness (QED) is 0.664. The lowest BCUT2D eigenvalue weighted by Crippen LogP contribution is -2.36. The van der Waals surface area contributed by atoms with E-state index in [0.717, 1.165) is 18.9 Å². The summed E-state index contributed by atoms with van der Waals surface area (Å²) in [5, 5.41) is 5.57. The molecule has 1 aliphatic heterocycles. The van der Waals surface area contributed by atoms with Gasteiger partial charge in [0.2, 0.25) is 0 Å². The average molecular weight is 428 g/mol. The minimum absolute atomic E-state index is 0.0292. The molecule has 166 valence electrons. The van der Waals surface area contributed by atoms with Gasteiger partial charge in [0.25, 0.3) is 11.8 Å². The van der Waals surface area contributed by atoms with E-state index in [-0.39, 0.29) is 24.5 Å². The fourth-order valence-corrected chi connectivity index (χ4v) is 3.08. The number of pyridine rings is 1. The Bertz CT molecular complexity index is 895. The van der Waals surface area contributed by atoms with E-state index in [9.17, 15) is 9.59 Å². The van der Waals surface area contributed by atoms with E-state index in [2.05, 4.69) is 20.5 Å². The fourth-order valence-electron chi connectivity index (χ4n) is 3.08. The summed E-state index contributed by atoms with van der Waals surface area (Å²) >= 11 is 0. The molecular formula is C22H28N4O5. The first-order valence-corrected chi connectivity index (χ1v) is 10.2. The van der Waals surface area contributed by atoms with Crippen LogP contribution in [0.15, 0.2) is 36.5 Å². The van der Waals surface area contributed by atoms with Gasteiger partial charge in [0.1, 0.15) is 5.82 Å². The summed E-state index contributed by atoms with van der Waals surface area (Å²) in [4.78, 5) is 31.0. The summed E-state index contributed by atoms with van der Waals surface area (Å²) < 4.78 is 16.2. The molecular weight excluding hydrogens is 400 g/mol. The van der Waals surface area contributed by atoms with Crippen molar-refractivity contribution in [3.8, 4) is 11.5 Å². The maximum Gasteiger partial charge on any atom is 0.258 e. The molecule has 31 heavy (non-hydrogen) atoms. The second-order valence-electron chi connectivity index (χ2n) is 7.34. The number of hydrogen-bond acceptors (Lipinski definition) is 7. The maximum absolute atomic E-state index is 12.6. The van der Waals surface area contributed by atoms with Crippen molar-refractivity contribution in [3.63, 3.8) is 0 Å². The molecule has 2 aromatic rings. The van der Waals surface area contributed by atoms with Crippen LogP contribution in [0.4, 0.5) is 11.5 Å². The van der Waals surface area contributed by atoms with Crippen LogP contribution in [-0.2, 0) is 9.53 Å². The van der Waals surface area contributed by atoms with E-state index in [0.29, 0.717) is 36.0 Å². The summed E-state index contributed by atoms with van der Waals surface area (Å²) in [5.74, 6) is 1.07. The van der Waals surface area contributed by atoms with Crippen LogP contribution in [0.25, 0.3) is 0 Å². The van der Waals surface area contributed by atoms with Crippen molar-refractivity contribution in [1.29, 1.82) is 0 Å². The van der Waals surface area contributed by atoms with E-state index in [4.69, 9.17) is 14.2 Å². The third kappa shape index (κ3) is 6.32. The predicted octanol–water partition coefficient (Wildman–Crippen LogP) is 2.08. The van der Waals surface area contributed by atoms with Gasteiger partial charge in [-0.15, -0.1) is 0 Å². The van der Waals surface area contributed by atoms with Crippen LogP contribution in [0.3, 0.4) is 0 Å². The predicted molar refractivity (Wildman–Crippen MR) is 117 cm³/mol. The number of methoxy groups -OCH3 is 1. The third-order valence-corrected chi connectivity index (χ3v) is 4.58. The smallest absolute Gasteiger partial charge is 0.258 e. The molecule has 9 heteroatoms. The van der Waals surface area contributed by atoms with Crippen molar-refractivity contribution in [2.75, 3.05) is 50.2 Å². The number of carbonyl (C=O) groups excluding carboxylic acids is 2. The monoisotopic (exact) mass is 428 g/mol. The van der Waals surface area contributed by atoms with Crippen LogP contribution in [0.2, 0.25) is 0 Å². The molecule has 0 spiro atoms. The molecule has 2 heterocycles. The zero-order chi connectivity index (χ0) is 22.2. The van der Waals surface area contributed by atoms with Crippen molar-refractivity contribution < 1.29 is 23.8 Å². The molecule has 1 aromatic heterocycles. The Labute approximate surface area is 181 Å². The van der Waals surface area contributed by atoms with Gasteiger partial charge in [-0.2, -0.15) is 0 Å². The highest BCUT2D eigenvalue weighted by molar-refractivity contribution is 6.04. The first-order chi connectivity index (χ1) is 15.0. The number of nitrogens with zero attached hydrogens (tertiary/aromatic N) is 2. The maximum atomic E-state index is 12.6. The Hall–Kier alpha value is -3.33. The highest BCUT2D eigenvalue weighted by atomic mass is 16.5. The van der Waals surface area contributed by atoms with E-state index >= 15 is 0 Å².